The molecule has 15 rings (SSSR count). The third kappa shape index (κ3) is 5.49. The summed E-state index contributed by atoms with van der Waals surface area (Å²) in [4.78, 5) is 2.48. The zero-order valence-electron chi connectivity index (χ0n) is 39.3. The molecule has 2 heteroatoms. The topological polar surface area (TPSA) is 12.5 Å². The Morgan fingerprint density at radius 3 is 1.42 bits per heavy atom. The molecule has 3 aliphatic rings. The van der Waals surface area contributed by atoms with E-state index >= 15 is 0 Å². The lowest BCUT2D eigenvalue weighted by atomic mass is 9.65. The maximum Gasteiger partial charge on any atom is 0.140 e. The fraction of sp³-hybridized carbons (Fsp3) is 0.0286. The molecule has 0 unspecified atom stereocenters. The molecule has 2 nitrogen and oxygen atoms in total. The zero-order valence-corrected chi connectivity index (χ0v) is 39.3. The largest absolute Gasteiger partial charge is 0.455 e. The molecule has 0 N–H and O–H groups in total. The quantitative estimate of drug-likeness (QED) is 0.165. The summed E-state index contributed by atoms with van der Waals surface area (Å²) in [6, 6.07) is 101. The van der Waals surface area contributed by atoms with Gasteiger partial charge in [0.1, 0.15) is 11.5 Å². The van der Waals surface area contributed by atoms with E-state index in [1.165, 1.54) is 61.2 Å². The Morgan fingerprint density at radius 1 is 0.278 bits per heavy atom. The second kappa shape index (κ2) is 15.6. The lowest BCUT2D eigenvalue weighted by molar-refractivity contribution is 0.447. The first-order valence-electron chi connectivity index (χ1n) is 25.0. The van der Waals surface area contributed by atoms with Crippen molar-refractivity contribution in [1.82, 2.24) is 0 Å². The molecular formula is C70H45NO. The highest BCUT2D eigenvalue weighted by Crippen LogP contribution is 2.66. The zero-order chi connectivity index (χ0) is 47.4. The van der Waals surface area contributed by atoms with Gasteiger partial charge in [-0.1, -0.05) is 243 Å². The van der Waals surface area contributed by atoms with Crippen molar-refractivity contribution in [2.24, 2.45) is 0 Å². The molecule has 0 bridgehead atoms. The fourth-order valence-corrected chi connectivity index (χ4v) is 13.1. The number of fused-ring (bicyclic) bond motifs is 16. The monoisotopic (exact) mass is 915 g/mol. The molecule has 2 aliphatic carbocycles. The summed E-state index contributed by atoms with van der Waals surface area (Å²) in [6.07, 6.45) is 0. The predicted octanol–water partition coefficient (Wildman–Crippen LogP) is 18.0. The summed E-state index contributed by atoms with van der Waals surface area (Å²) in [5.74, 6) is 1.84. The van der Waals surface area contributed by atoms with E-state index in [1.807, 2.05) is 0 Å². The SMILES string of the molecule is c1ccc(N(c2ccc3c(c2)C(c2ccccc2)(c2ccccc2)c2ccccc2-3)c2ccccc2-c2cccc3c2-c2ccccc2C32c3ccc4ccccc4c3Oc3c2ccc2ccccc32)cc1. The number of ether oxygens (including phenoxy) is 1. The maximum absolute atomic E-state index is 7.30. The number of hydrogen-bond donors (Lipinski definition) is 0. The lowest BCUT2D eigenvalue weighted by Gasteiger charge is -2.40. The number of benzene rings is 12. The molecule has 0 radical (unpaired) electrons. The molecule has 1 aliphatic heterocycles. The molecule has 0 saturated carbocycles. The average Bonchev–Trinajstić information content (AvgIpc) is 3.93. The molecule has 0 fully saturated rings. The summed E-state index contributed by atoms with van der Waals surface area (Å²) >= 11 is 0. The van der Waals surface area contributed by atoms with Crippen molar-refractivity contribution in [3.63, 3.8) is 0 Å². The Bertz CT molecular complexity index is 4010. The number of nitrogens with zero attached hydrogens (tertiary/aromatic N) is 1. The normalized spacial score (nSPS) is 13.9. The number of rotatable bonds is 6. The van der Waals surface area contributed by atoms with Crippen LogP contribution in [0.15, 0.2) is 273 Å². The number of anilines is 3. The first kappa shape index (κ1) is 40.6. The molecule has 0 atom stereocenters. The molecule has 336 valence electrons. The highest BCUT2D eigenvalue weighted by molar-refractivity contribution is 6.04. The van der Waals surface area contributed by atoms with Gasteiger partial charge in [-0.3, -0.25) is 0 Å². The highest BCUT2D eigenvalue weighted by Gasteiger charge is 2.53. The first-order chi connectivity index (χ1) is 35.7. The number of hydrogen-bond acceptors (Lipinski definition) is 2. The maximum atomic E-state index is 7.30. The van der Waals surface area contributed by atoms with Crippen molar-refractivity contribution < 1.29 is 4.74 Å². The van der Waals surface area contributed by atoms with Gasteiger partial charge in [0, 0.05) is 38.8 Å². The van der Waals surface area contributed by atoms with E-state index in [0.717, 1.165) is 66.8 Å². The summed E-state index contributed by atoms with van der Waals surface area (Å²) in [5, 5.41) is 4.54. The minimum Gasteiger partial charge on any atom is -0.455 e. The Labute approximate surface area is 419 Å². The third-order valence-corrected chi connectivity index (χ3v) is 16.0. The summed E-state index contributed by atoms with van der Waals surface area (Å²) in [6.45, 7) is 0. The van der Waals surface area contributed by atoms with Crippen LogP contribution < -0.4 is 9.64 Å². The van der Waals surface area contributed by atoms with Gasteiger partial charge >= 0.3 is 0 Å². The van der Waals surface area contributed by atoms with Gasteiger partial charge in [-0.25, -0.2) is 0 Å². The van der Waals surface area contributed by atoms with E-state index in [4.69, 9.17) is 4.74 Å². The Morgan fingerprint density at radius 2 is 0.764 bits per heavy atom. The van der Waals surface area contributed by atoms with Crippen LogP contribution in [0.25, 0.3) is 54.9 Å². The second-order valence-electron chi connectivity index (χ2n) is 19.4. The van der Waals surface area contributed by atoms with Crippen LogP contribution in [0.2, 0.25) is 0 Å². The van der Waals surface area contributed by atoms with E-state index in [2.05, 4.69) is 278 Å². The summed E-state index contributed by atoms with van der Waals surface area (Å²) < 4.78 is 7.30. The molecule has 12 aromatic carbocycles. The molecular weight excluding hydrogens is 871 g/mol. The minimum absolute atomic E-state index is 0.544. The Kier molecular flexibility index (Phi) is 8.82. The van der Waals surface area contributed by atoms with E-state index in [9.17, 15) is 0 Å². The molecule has 0 aromatic heterocycles. The van der Waals surface area contributed by atoms with E-state index in [1.54, 1.807) is 0 Å². The van der Waals surface area contributed by atoms with Crippen molar-refractivity contribution in [2.45, 2.75) is 10.8 Å². The van der Waals surface area contributed by atoms with Crippen LogP contribution in [0.5, 0.6) is 11.5 Å². The van der Waals surface area contributed by atoms with Crippen molar-refractivity contribution in [3.05, 3.63) is 317 Å². The van der Waals surface area contributed by atoms with Crippen molar-refractivity contribution in [2.75, 3.05) is 4.90 Å². The molecule has 0 saturated heterocycles. The van der Waals surface area contributed by atoms with Gasteiger partial charge < -0.3 is 9.64 Å². The van der Waals surface area contributed by atoms with Crippen molar-refractivity contribution in [1.29, 1.82) is 0 Å². The third-order valence-electron chi connectivity index (χ3n) is 16.0. The van der Waals surface area contributed by atoms with Crippen LogP contribution in [0.1, 0.15) is 44.5 Å². The smallest absolute Gasteiger partial charge is 0.140 e. The van der Waals surface area contributed by atoms with E-state index in [-0.39, 0.29) is 0 Å². The molecule has 12 aromatic rings. The summed E-state index contributed by atoms with van der Waals surface area (Å²) in [7, 11) is 0. The Hall–Kier alpha value is -9.24. The minimum atomic E-state index is -0.666. The van der Waals surface area contributed by atoms with Crippen LogP contribution in [0.4, 0.5) is 17.1 Å². The molecule has 1 spiro atoms. The highest BCUT2D eigenvalue weighted by atomic mass is 16.5. The Balaban J connectivity index is 0.995. The van der Waals surface area contributed by atoms with Crippen LogP contribution in [0.3, 0.4) is 0 Å². The standard InChI is InChI=1S/C70H45NO/c1-4-23-48(24-5-1)69(49-25-6-2-7-26-49)59-35-17-14-31-54(59)55-42-41-51(45-64(55)69)71(50-27-8-3-9-28-50)65-38-19-16-32-56(65)57-34-20-37-61-66(57)58-33-15-18-36-60(58)70(61)62-43-39-46-21-10-12-29-52(46)67(62)72-68-53-30-13-11-22-47(53)40-44-63(68)70/h1-45H. The molecule has 0 amide bonds. The van der Waals surface area contributed by atoms with Gasteiger partial charge in [-0.2, -0.15) is 0 Å². The van der Waals surface area contributed by atoms with Gasteiger partial charge in [0.25, 0.3) is 0 Å². The van der Waals surface area contributed by atoms with E-state index < -0.39 is 10.8 Å². The first-order valence-corrected chi connectivity index (χ1v) is 25.0. The second-order valence-corrected chi connectivity index (χ2v) is 19.4. The van der Waals surface area contributed by atoms with Crippen LogP contribution in [-0.2, 0) is 10.8 Å². The fourth-order valence-electron chi connectivity index (χ4n) is 13.1. The van der Waals surface area contributed by atoms with Gasteiger partial charge in [0.2, 0.25) is 0 Å². The van der Waals surface area contributed by atoms with Gasteiger partial charge in [-0.15, -0.1) is 0 Å². The predicted molar refractivity (Wildman–Crippen MR) is 296 cm³/mol. The lowest BCUT2D eigenvalue weighted by Crippen LogP contribution is -2.32. The van der Waals surface area contributed by atoms with Crippen LogP contribution in [-0.4, -0.2) is 0 Å². The number of para-hydroxylation sites is 2. The van der Waals surface area contributed by atoms with Gasteiger partial charge in [0.05, 0.1) is 16.5 Å². The van der Waals surface area contributed by atoms with Gasteiger partial charge in [-0.05, 0) is 102 Å². The molecule has 72 heavy (non-hydrogen) atoms. The molecule has 1 heterocycles. The van der Waals surface area contributed by atoms with E-state index in [0.29, 0.717) is 0 Å². The van der Waals surface area contributed by atoms with Crippen molar-refractivity contribution >= 4 is 38.6 Å². The van der Waals surface area contributed by atoms with Gasteiger partial charge in [0.15, 0.2) is 0 Å². The van der Waals surface area contributed by atoms with Crippen LogP contribution >= 0.6 is 0 Å². The van der Waals surface area contributed by atoms with Crippen LogP contribution in [0, 0.1) is 0 Å². The average molecular weight is 916 g/mol. The van der Waals surface area contributed by atoms with Crippen molar-refractivity contribution in [3.8, 4) is 44.9 Å². The summed E-state index contributed by atoms with van der Waals surface area (Å²) in [5.41, 5.74) is 19.3.